The minimum atomic E-state index is -0.156. The van der Waals surface area contributed by atoms with Crippen molar-refractivity contribution in [3.8, 4) is 0 Å². The predicted molar refractivity (Wildman–Crippen MR) is 37.7 cm³/mol. The summed E-state index contributed by atoms with van der Waals surface area (Å²) in [6, 6.07) is -0.156. The quantitative estimate of drug-likeness (QED) is 0.492. The summed E-state index contributed by atoms with van der Waals surface area (Å²) in [5, 5.41) is 2.57. The summed E-state index contributed by atoms with van der Waals surface area (Å²) in [6.07, 6.45) is 1.79. The van der Waals surface area contributed by atoms with Crippen LogP contribution in [0.1, 0.15) is 12.8 Å². The molecule has 2 heterocycles. The van der Waals surface area contributed by atoms with Crippen LogP contribution in [0.5, 0.6) is 0 Å². The molecule has 1 atom stereocenters. The van der Waals surface area contributed by atoms with Crippen molar-refractivity contribution in [1.82, 2.24) is 10.2 Å². The standard InChI is InChI=1S/C7H10N2O2/c10-6-4-8-7(11)5-2-1-3-9(5)6/h5H,1-4H2,(H,8,11)/t5-/m0/s1. The summed E-state index contributed by atoms with van der Waals surface area (Å²) in [4.78, 5) is 23.9. The van der Waals surface area contributed by atoms with Crippen molar-refractivity contribution in [3.05, 3.63) is 0 Å². The van der Waals surface area contributed by atoms with Gasteiger partial charge in [-0.05, 0) is 12.8 Å². The molecule has 0 bridgehead atoms. The third kappa shape index (κ3) is 0.895. The lowest BCUT2D eigenvalue weighted by molar-refractivity contribution is -0.143. The van der Waals surface area contributed by atoms with Crippen LogP contribution < -0.4 is 5.32 Å². The fraction of sp³-hybridized carbons (Fsp3) is 0.714. The van der Waals surface area contributed by atoms with Crippen LogP contribution in [0.2, 0.25) is 0 Å². The maximum absolute atomic E-state index is 11.1. The van der Waals surface area contributed by atoms with Crippen LogP contribution in [0, 0.1) is 0 Å². The van der Waals surface area contributed by atoms with Gasteiger partial charge >= 0.3 is 0 Å². The maximum Gasteiger partial charge on any atom is 0.243 e. The largest absolute Gasteiger partial charge is 0.345 e. The molecule has 0 saturated carbocycles. The van der Waals surface area contributed by atoms with Gasteiger partial charge in [-0.3, -0.25) is 9.59 Å². The number of amides is 2. The number of piperazine rings is 1. The van der Waals surface area contributed by atoms with Gasteiger partial charge in [-0.15, -0.1) is 0 Å². The number of rotatable bonds is 0. The number of fused-ring (bicyclic) bond motifs is 1. The topological polar surface area (TPSA) is 49.4 Å². The molecule has 0 unspecified atom stereocenters. The molecule has 4 nitrogen and oxygen atoms in total. The molecule has 2 fully saturated rings. The summed E-state index contributed by atoms with van der Waals surface area (Å²) in [6.45, 7) is 0.951. The summed E-state index contributed by atoms with van der Waals surface area (Å²) in [5.74, 6) is 0.0780. The Kier molecular flexibility index (Phi) is 1.34. The van der Waals surface area contributed by atoms with Gasteiger partial charge in [0.05, 0.1) is 6.54 Å². The van der Waals surface area contributed by atoms with E-state index in [1.54, 1.807) is 4.90 Å². The minimum Gasteiger partial charge on any atom is -0.345 e. The van der Waals surface area contributed by atoms with Crippen molar-refractivity contribution in [2.45, 2.75) is 18.9 Å². The number of hydrogen-bond acceptors (Lipinski definition) is 2. The minimum absolute atomic E-state index is 0.0158. The summed E-state index contributed by atoms with van der Waals surface area (Å²) >= 11 is 0. The number of nitrogens with zero attached hydrogens (tertiary/aromatic N) is 1. The SMILES string of the molecule is O=C1NCC(=O)N2CCC[C@@H]12. The summed E-state index contributed by atoms with van der Waals surface area (Å²) in [7, 11) is 0. The van der Waals surface area contributed by atoms with E-state index in [9.17, 15) is 9.59 Å². The van der Waals surface area contributed by atoms with E-state index < -0.39 is 0 Å². The second kappa shape index (κ2) is 2.22. The predicted octanol–water partition coefficient (Wildman–Crippen LogP) is -0.893. The third-order valence-electron chi connectivity index (χ3n) is 2.29. The summed E-state index contributed by atoms with van der Waals surface area (Å²) in [5.41, 5.74) is 0. The van der Waals surface area contributed by atoms with E-state index >= 15 is 0 Å². The fourth-order valence-corrected chi connectivity index (χ4v) is 1.72. The Hall–Kier alpha value is -1.06. The van der Waals surface area contributed by atoms with Crippen LogP contribution in [0.4, 0.5) is 0 Å². The number of nitrogens with one attached hydrogen (secondary N) is 1. The molecular weight excluding hydrogens is 144 g/mol. The van der Waals surface area contributed by atoms with Gasteiger partial charge in [-0.25, -0.2) is 0 Å². The van der Waals surface area contributed by atoms with Crippen LogP contribution in [-0.4, -0.2) is 35.8 Å². The van der Waals surface area contributed by atoms with E-state index in [1.165, 1.54) is 0 Å². The van der Waals surface area contributed by atoms with Crippen molar-refractivity contribution in [1.29, 1.82) is 0 Å². The highest BCUT2D eigenvalue weighted by atomic mass is 16.2. The smallest absolute Gasteiger partial charge is 0.243 e. The monoisotopic (exact) mass is 154 g/mol. The molecule has 2 rings (SSSR count). The molecule has 2 saturated heterocycles. The molecule has 0 aromatic heterocycles. The van der Waals surface area contributed by atoms with Gasteiger partial charge in [0.15, 0.2) is 0 Å². The van der Waals surface area contributed by atoms with Gasteiger partial charge in [0.2, 0.25) is 11.8 Å². The van der Waals surface area contributed by atoms with Crippen LogP contribution >= 0.6 is 0 Å². The van der Waals surface area contributed by atoms with E-state index in [2.05, 4.69) is 5.32 Å². The maximum atomic E-state index is 11.1. The first-order chi connectivity index (χ1) is 5.29. The van der Waals surface area contributed by atoms with Crippen molar-refractivity contribution < 1.29 is 9.59 Å². The van der Waals surface area contributed by atoms with Gasteiger partial charge < -0.3 is 10.2 Å². The van der Waals surface area contributed by atoms with Crippen molar-refractivity contribution in [3.63, 3.8) is 0 Å². The van der Waals surface area contributed by atoms with E-state index in [0.717, 1.165) is 19.4 Å². The number of hydrogen-bond donors (Lipinski definition) is 1. The highest BCUT2D eigenvalue weighted by molar-refractivity contribution is 5.95. The fourth-order valence-electron chi connectivity index (χ4n) is 1.72. The lowest BCUT2D eigenvalue weighted by atomic mass is 10.2. The van der Waals surface area contributed by atoms with Gasteiger partial charge in [0.1, 0.15) is 6.04 Å². The van der Waals surface area contributed by atoms with Gasteiger partial charge in [0, 0.05) is 6.54 Å². The number of carbonyl (C=O) groups is 2. The molecule has 2 amide bonds. The van der Waals surface area contributed by atoms with Crippen molar-refractivity contribution in [2.75, 3.05) is 13.1 Å². The zero-order valence-corrected chi connectivity index (χ0v) is 6.17. The molecule has 0 aromatic carbocycles. The van der Waals surface area contributed by atoms with E-state index in [0.29, 0.717) is 0 Å². The first-order valence-corrected chi connectivity index (χ1v) is 3.86. The Morgan fingerprint density at radius 2 is 2.27 bits per heavy atom. The molecule has 0 spiro atoms. The summed E-state index contributed by atoms with van der Waals surface area (Å²) < 4.78 is 0. The van der Waals surface area contributed by atoms with Crippen molar-refractivity contribution in [2.24, 2.45) is 0 Å². The molecule has 2 aliphatic rings. The van der Waals surface area contributed by atoms with Gasteiger partial charge in [-0.2, -0.15) is 0 Å². The Bertz CT molecular complexity index is 192. The normalized spacial score (nSPS) is 30.2. The molecule has 60 valence electrons. The van der Waals surface area contributed by atoms with Crippen LogP contribution in [0.25, 0.3) is 0 Å². The average Bonchev–Trinajstić information content (AvgIpc) is 2.45. The van der Waals surface area contributed by atoms with E-state index in [1.807, 2.05) is 0 Å². The van der Waals surface area contributed by atoms with E-state index in [4.69, 9.17) is 0 Å². The van der Waals surface area contributed by atoms with E-state index in [-0.39, 0.29) is 24.4 Å². The molecule has 1 N–H and O–H groups in total. The van der Waals surface area contributed by atoms with Crippen LogP contribution in [0.15, 0.2) is 0 Å². The Balaban J connectivity index is 2.20. The average molecular weight is 154 g/mol. The molecule has 0 aromatic rings. The first-order valence-electron chi connectivity index (χ1n) is 3.86. The second-order valence-corrected chi connectivity index (χ2v) is 2.96. The lowest BCUT2D eigenvalue weighted by Crippen LogP contribution is -2.55. The van der Waals surface area contributed by atoms with Gasteiger partial charge in [0.25, 0.3) is 0 Å². The Morgan fingerprint density at radius 3 is 3.00 bits per heavy atom. The van der Waals surface area contributed by atoms with Crippen LogP contribution in [-0.2, 0) is 9.59 Å². The molecule has 4 heteroatoms. The number of carbonyl (C=O) groups excluding carboxylic acids is 2. The Morgan fingerprint density at radius 1 is 1.45 bits per heavy atom. The molecule has 0 radical (unpaired) electrons. The molecule has 11 heavy (non-hydrogen) atoms. The molecule has 2 aliphatic heterocycles. The zero-order chi connectivity index (χ0) is 7.84. The highest BCUT2D eigenvalue weighted by Gasteiger charge is 2.37. The zero-order valence-electron chi connectivity index (χ0n) is 6.17. The van der Waals surface area contributed by atoms with Gasteiger partial charge in [-0.1, -0.05) is 0 Å². The first kappa shape index (κ1) is 6.64. The van der Waals surface area contributed by atoms with Crippen molar-refractivity contribution >= 4 is 11.8 Å². The lowest BCUT2D eigenvalue weighted by Gasteiger charge is -2.28. The molecular formula is C7H10N2O2. The Labute approximate surface area is 64.5 Å². The molecule has 0 aliphatic carbocycles. The third-order valence-corrected chi connectivity index (χ3v) is 2.29. The highest BCUT2D eigenvalue weighted by Crippen LogP contribution is 2.19. The van der Waals surface area contributed by atoms with Crippen LogP contribution in [0.3, 0.4) is 0 Å². The second-order valence-electron chi connectivity index (χ2n) is 2.96.